The Morgan fingerprint density at radius 2 is 2.17 bits per heavy atom. The van der Waals surface area contributed by atoms with E-state index in [0.29, 0.717) is 11.4 Å². The monoisotopic (exact) mass is 352 g/mol. The summed E-state index contributed by atoms with van der Waals surface area (Å²) < 4.78 is 1.98. The second kappa shape index (κ2) is 8.36. The summed E-state index contributed by atoms with van der Waals surface area (Å²) in [5.74, 6) is 1.71. The molecule has 0 unspecified atom stereocenters. The summed E-state index contributed by atoms with van der Waals surface area (Å²) in [6.45, 7) is 5.83. The Labute approximate surface area is 145 Å². The Hall–Kier alpha value is -1.53. The molecule has 0 radical (unpaired) electrons. The average Bonchev–Trinajstić information content (AvgIpc) is 2.84. The van der Waals surface area contributed by atoms with Crippen LogP contribution in [0.3, 0.4) is 0 Å². The van der Waals surface area contributed by atoms with Gasteiger partial charge < -0.3 is 5.32 Å². The Morgan fingerprint density at radius 3 is 2.87 bits per heavy atom. The third-order valence-corrected chi connectivity index (χ3v) is 4.34. The fourth-order valence-corrected chi connectivity index (χ4v) is 3.26. The molecule has 1 amide bonds. The molecule has 0 fully saturated rings. The summed E-state index contributed by atoms with van der Waals surface area (Å²) in [7, 11) is 0. The standard InChI is InChI=1S/C16H21ClN4OS/c1-11(2)18-15(22)8-5-9-23-16-20-19-12(3)21(16)14-7-4-6-13(17)10-14/h4,6-7,10-11H,5,8-9H2,1-3H3,(H,18,22). The molecule has 1 aromatic carbocycles. The minimum absolute atomic E-state index is 0.0908. The highest BCUT2D eigenvalue weighted by Gasteiger charge is 2.12. The van der Waals surface area contributed by atoms with Gasteiger partial charge in [0.05, 0.1) is 5.69 Å². The third kappa shape index (κ3) is 5.25. The maximum atomic E-state index is 11.6. The van der Waals surface area contributed by atoms with Crippen LogP contribution in [0.5, 0.6) is 0 Å². The van der Waals surface area contributed by atoms with Gasteiger partial charge in [0.25, 0.3) is 0 Å². The summed E-state index contributed by atoms with van der Waals surface area (Å²) in [6.07, 6.45) is 1.32. The van der Waals surface area contributed by atoms with Crippen LogP contribution in [-0.4, -0.2) is 32.5 Å². The zero-order chi connectivity index (χ0) is 16.8. The number of rotatable bonds is 7. The Bertz CT molecular complexity index is 672. The number of halogens is 1. The summed E-state index contributed by atoms with van der Waals surface area (Å²) >= 11 is 7.66. The van der Waals surface area contributed by atoms with Crippen molar-refractivity contribution < 1.29 is 4.79 Å². The molecule has 1 aromatic heterocycles. The molecule has 0 saturated heterocycles. The molecular weight excluding hydrogens is 332 g/mol. The molecule has 23 heavy (non-hydrogen) atoms. The van der Waals surface area contributed by atoms with Gasteiger partial charge in [-0.05, 0) is 45.4 Å². The van der Waals surface area contributed by atoms with Crippen LogP contribution in [0, 0.1) is 6.92 Å². The maximum absolute atomic E-state index is 11.6. The number of nitrogens with zero attached hydrogens (tertiary/aromatic N) is 3. The van der Waals surface area contributed by atoms with E-state index in [9.17, 15) is 4.79 Å². The first kappa shape index (κ1) is 17.8. The van der Waals surface area contributed by atoms with Crippen LogP contribution >= 0.6 is 23.4 Å². The molecule has 0 bridgehead atoms. The molecular formula is C16H21ClN4OS. The summed E-state index contributed by atoms with van der Waals surface area (Å²) in [4.78, 5) is 11.6. The van der Waals surface area contributed by atoms with Crippen molar-refractivity contribution in [2.24, 2.45) is 0 Å². The molecule has 0 spiro atoms. The number of carbonyl (C=O) groups is 1. The van der Waals surface area contributed by atoms with E-state index in [1.807, 2.05) is 49.6 Å². The lowest BCUT2D eigenvalue weighted by Gasteiger charge is -2.09. The molecule has 0 aliphatic carbocycles. The molecule has 0 saturated carbocycles. The van der Waals surface area contributed by atoms with Crippen LogP contribution in [0.2, 0.25) is 5.02 Å². The highest BCUT2D eigenvalue weighted by atomic mass is 35.5. The van der Waals surface area contributed by atoms with Crippen molar-refractivity contribution in [3.05, 3.63) is 35.1 Å². The Morgan fingerprint density at radius 1 is 1.39 bits per heavy atom. The van der Waals surface area contributed by atoms with Crippen LogP contribution in [0.4, 0.5) is 0 Å². The van der Waals surface area contributed by atoms with Crippen molar-refractivity contribution in [1.82, 2.24) is 20.1 Å². The van der Waals surface area contributed by atoms with Gasteiger partial charge in [0, 0.05) is 23.2 Å². The fourth-order valence-electron chi connectivity index (χ4n) is 2.14. The van der Waals surface area contributed by atoms with E-state index in [4.69, 9.17) is 11.6 Å². The molecule has 0 aliphatic rings. The first-order valence-corrected chi connectivity index (χ1v) is 8.94. The lowest BCUT2D eigenvalue weighted by Crippen LogP contribution is -2.29. The van der Waals surface area contributed by atoms with Crippen molar-refractivity contribution in [2.45, 2.75) is 44.8 Å². The van der Waals surface area contributed by atoms with Gasteiger partial charge >= 0.3 is 0 Å². The Balaban J connectivity index is 1.96. The number of carbonyl (C=O) groups excluding carboxylic acids is 1. The number of aromatic nitrogens is 3. The lowest BCUT2D eigenvalue weighted by atomic mass is 10.3. The number of nitrogens with one attached hydrogen (secondary N) is 1. The average molecular weight is 353 g/mol. The van der Waals surface area contributed by atoms with Crippen molar-refractivity contribution >= 4 is 29.3 Å². The summed E-state index contributed by atoms with van der Waals surface area (Å²) in [6, 6.07) is 7.79. The number of hydrogen-bond acceptors (Lipinski definition) is 4. The molecule has 1 heterocycles. The van der Waals surface area contributed by atoms with E-state index in [-0.39, 0.29) is 11.9 Å². The zero-order valence-corrected chi connectivity index (χ0v) is 15.1. The first-order valence-electron chi connectivity index (χ1n) is 7.57. The molecule has 1 N–H and O–H groups in total. The number of hydrogen-bond donors (Lipinski definition) is 1. The second-order valence-electron chi connectivity index (χ2n) is 5.52. The van der Waals surface area contributed by atoms with Crippen molar-refractivity contribution in [1.29, 1.82) is 0 Å². The SMILES string of the molecule is Cc1nnc(SCCCC(=O)NC(C)C)n1-c1cccc(Cl)c1. The second-order valence-corrected chi connectivity index (χ2v) is 7.02. The van der Waals surface area contributed by atoms with Gasteiger partial charge in [0.2, 0.25) is 5.91 Å². The largest absolute Gasteiger partial charge is 0.354 e. The van der Waals surface area contributed by atoms with Crippen LogP contribution in [-0.2, 0) is 4.79 Å². The number of benzene rings is 1. The van der Waals surface area contributed by atoms with Gasteiger partial charge in [-0.3, -0.25) is 9.36 Å². The van der Waals surface area contributed by atoms with Crippen LogP contribution in [0.25, 0.3) is 5.69 Å². The van der Waals surface area contributed by atoms with Crippen LogP contribution in [0.15, 0.2) is 29.4 Å². The zero-order valence-electron chi connectivity index (χ0n) is 13.5. The van der Waals surface area contributed by atoms with E-state index >= 15 is 0 Å². The maximum Gasteiger partial charge on any atom is 0.220 e. The lowest BCUT2D eigenvalue weighted by molar-refractivity contribution is -0.121. The van der Waals surface area contributed by atoms with E-state index in [1.54, 1.807) is 11.8 Å². The summed E-state index contributed by atoms with van der Waals surface area (Å²) in [5.41, 5.74) is 0.944. The van der Waals surface area contributed by atoms with Gasteiger partial charge in [0.15, 0.2) is 5.16 Å². The van der Waals surface area contributed by atoms with Crippen LogP contribution < -0.4 is 5.32 Å². The van der Waals surface area contributed by atoms with Gasteiger partial charge in [-0.25, -0.2) is 0 Å². The van der Waals surface area contributed by atoms with E-state index in [0.717, 1.165) is 28.8 Å². The van der Waals surface area contributed by atoms with Crippen molar-refractivity contribution in [2.75, 3.05) is 5.75 Å². The molecule has 5 nitrogen and oxygen atoms in total. The van der Waals surface area contributed by atoms with E-state index in [1.165, 1.54) is 0 Å². The molecule has 7 heteroatoms. The predicted molar refractivity (Wildman–Crippen MR) is 94.3 cm³/mol. The Kier molecular flexibility index (Phi) is 6.47. The normalized spacial score (nSPS) is 11.0. The first-order chi connectivity index (χ1) is 11.0. The van der Waals surface area contributed by atoms with Crippen molar-refractivity contribution in [3.63, 3.8) is 0 Å². The smallest absolute Gasteiger partial charge is 0.220 e. The molecule has 0 aliphatic heterocycles. The van der Waals surface area contributed by atoms with Gasteiger partial charge in [-0.2, -0.15) is 0 Å². The molecule has 0 atom stereocenters. The minimum atomic E-state index is 0.0908. The highest BCUT2D eigenvalue weighted by Crippen LogP contribution is 2.24. The molecule has 2 rings (SSSR count). The highest BCUT2D eigenvalue weighted by molar-refractivity contribution is 7.99. The number of amides is 1. The van der Waals surface area contributed by atoms with Gasteiger partial charge in [-0.15, -0.1) is 10.2 Å². The molecule has 2 aromatic rings. The quantitative estimate of drug-likeness (QED) is 0.610. The fraction of sp³-hybridized carbons (Fsp3) is 0.438. The number of thioether (sulfide) groups is 1. The molecule has 124 valence electrons. The van der Waals surface area contributed by atoms with E-state index < -0.39 is 0 Å². The summed E-state index contributed by atoms with van der Waals surface area (Å²) in [5, 5.41) is 12.7. The minimum Gasteiger partial charge on any atom is -0.354 e. The van der Waals surface area contributed by atoms with Crippen LogP contribution in [0.1, 0.15) is 32.5 Å². The van der Waals surface area contributed by atoms with Crippen molar-refractivity contribution in [3.8, 4) is 5.69 Å². The topological polar surface area (TPSA) is 59.8 Å². The third-order valence-electron chi connectivity index (χ3n) is 3.09. The van der Waals surface area contributed by atoms with E-state index in [2.05, 4.69) is 15.5 Å². The van der Waals surface area contributed by atoms with Gasteiger partial charge in [0.1, 0.15) is 5.82 Å². The predicted octanol–water partition coefficient (Wildman–Crippen LogP) is 3.63. The van der Waals surface area contributed by atoms with Gasteiger partial charge in [-0.1, -0.05) is 29.4 Å². The number of aryl methyl sites for hydroxylation is 1.